The van der Waals surface area contributed by atoms with Gasteiger partial charge in [-0.05, 0) is 18.9 Å². The average Bonchev–Trinajstić information content (AvgIpc) is 3.00. The molecule has 4 atom stereocenters. The normalized spacial score (nSPS) is 21.3. The second kappa shape index (κ2) is 16.0. The molecule has 1 aliphatic heterocycles. The van der Waals surface area contributed by atoms with Crippen LogP contribution in [-0.4, -0.2) is 74.8 Å². The molecule has 0 amide bonds. The van der Waals surface area contributed by atoms with E-state index in [1.807, 2.05) is 30.3 Å². The summed E-state index contributed by atoms with van der Waals surface area (Å²) >= 11 is 0. The molecule has 0 spiro atoms. The van der Waals surface area contributed by atoms with Gasteiger partial charge in [-0.25, -0.2) is 4.98 Å². The first-order valence-corrected chi connectivity index (χ1v) is 13.5. The standard InChI is InChI=1S/C30H34F3NO9/c1-19-27(40-13-7-11-30(31,32)33)22(14-21-8-5-4-6-9-21)16-39-17-23(29(37)43-19)15-24(36)26-28(42-18-41-20(2)35)25(38-3)10-12-34-26/h4-12,19,22-23,27H,13-18H2,1-3H3/b11-7+/t19-,22-,23-,27-/m0/s1. The van der Waals surface area contributed by atoms with E-state index >= 15 is 0 Å². The maximum Gasteiger partial charge on any atom is 0.409 e. The van der Waals surface area contributed by atoms with E-state index in [1.165, 1.54) is 26.3 Å². The zero-order chi connectivity index (χ0) is 31.4. The van der Waals surface area contributed by atoms with Crippen molar-refractivity contribution in [3.05, 3.63) is 66.0 Å². The monoisotopic (exact) mass is 609 g/mol. The van der Waals surface area contributed by atoms with Crippen LogP contribution in [0.4, 0.5) is 13.2 Å². The van der Waals surface area contributed by atoms with E-state index in [0.29, 0.717) is 6.42 Å². The summed E-state index contributed by atoms with van der Waals surface area (Å²) in [6.07, 6.45) is -3.83. The number of hydrogen-bond donors (Lipinski definition) is 0. The topological polar surface area (TPSA) is 119 Å². The van der Waals surface area contributed by atoms with E-state index in [-0.39, 0.29) is 55.4 Å². The first-order valence-electron chi connectivity index (χ1n) is 13.5. The first-order chi connectivity index (χ1) is 20.5. The molecule has 0 radical (unpaired) electrons. The van der Waals surface area contributed by atoms with Gasteiger partial charge in [-0.2, -0.15) is 13.2 Å². The number of ether oxygens (including phenoxy) is 6. The fraction of sp³-hybridized carbons (Fsp3) is 0.467. The summed E-state index contributed by atoms with van der Waals surface area (Å²) in [6, 6.07) is 10.8. The van der Waals surface area contributed by atoms with Crippen molar-refractivity contribution in [3.8, 4) is 11.5 Å². The van der Waals surface area contributed by atoms with E-state index in [9.17, 15) is 27.6 Å². The van der Waals surface area contributed by atoms with Crippen LogP contribution in [0.2, 0.25) is 0 Å². The number of pyridine rings is 1. The number of hydrogen-bond acceptors (Lipinski definition) is 10. The Labute approximate surface area is 247 Å². The summed E-state index contributed by atoms with van der Waals surface area (Å²) in [4.78, 5) is 41.8. The Morgan fingerprint density at radius 3 is 2.56 bits per heavy atom. The molecule has 1 aromatic carbocycles. The van der Waals surface area contributed by atoms with Crippen LogP contribution in [-0.2, 0) is 35.0 Å². The minimum absolute atomic E-state index is 0.0646. The lowest BCUT2D eigenvalue weighted by Crippen LogP contribution is -2.40. The van der Waals surface area contributed by atoms with E-state index in [2.05, 4.69) is 4.98 Å². The molecule has 10 nitrogen and oxygen atoms in total. The second-order valence-corrected chi connectivity index (χ2v) is 9.78. The number of methoxy groups -OCH3 is 1. The quantitative estimate of drug-likeness (QED) is 0.147. The molecule has 0 bridgehead atoms. The number of rotatable bonds is 12. The van der Waals surface area contributed by atoms with Crippen molar-refractivity contribution < 1.29 is 56.0 Å². The van der Waals surface area contributed by atoms with Gasteiger partial charge in [0.05, 0.1) is 39.0 Å². The fourth-order valence-corrected chi connectivity index (χ4v) is 4.53. The lowest BCUT2D eigenvalue weighted by atomic mass is 9.91. The van der Waals surface area contributed by atoms with Crippen LogP contribution in [0.15, 0.2) is 54.7 Å². The third-order valence-corrected chi connectivity index (χ3v) is 6.50. The van der Waals surface area contributed by atoms with Gasteiger partial charge in [0.1, 0.15) is 6.10 Å². The molecule has 2 aromatic rings. The van der Waals surface area contributed by atoms with Crippen LogP contribution in [0.25, 0.3) is 0 Å². The number of cyclic esters (lactones) is 1. The van der Waals surface area contributed by atoms with Gasteiger partial charge in [-0.3, -0.25) is 14.4 Å². The zero-order valence-corrected chi connectivity index (χ0v) is 24.0. The molecule has 2 heterocycles. The third kappa shape index (κ3) is 10.7. The number of Topliss-reactive ketones (excluding diaryl/α,β-unsaturated/α-hetero) is 1. The highest BCUT2D eigenvalue weighted by atomic mass is 19.4. The van der Waals surface area contributed by atoms with Crippen molar-refractivity contribution in [3.63, 3.8) is 0 Å². The molecule has 1 aromatic heterocycles. The average molecular weight is 610 g/mol. The van der Waals surface area contributed by atoms with Crippen LogP contribution in [0, 0.1) is 11.8 Å². The SMILES string of the molecule is COc1ccnc(C(=O)C[C@H]2COC[C@H](Cc3ccccc3)[C@@H](OC/C=C/C(F)(F)F)[C@H](C)OC2=O)c1OCOC(C)=O. The number of carbonyl (C=O) groups excluding carboxylic acids is 3. The number of aromatic nitrogens is 1. The minimum Gasteiger partial charge on any atom is -0.493 e. The summed E-state index contributed by atoms with van der Waals surface area (Å²) in [6.45, 7) is 1.84. The zero-order valence-electron chi connectivity index (χ0n) is 24.0. The Morgan fingerprint density at radius 1 is 1.14 bits per heavy atom. The Balaban J connectivity index is 1.79. The summed E-state index contributed by atoms with van der Waals surface area (Å²) in [5, 5.41) is 0. The molecule has 3 rings (SSSR count). The van der Waals surface area contributed by atoms with Crippen LogP contribution in [0.1, 0.15) is 36.3 Å². The summed E-state index contributed by atoms with van der Waals surface area (Å²) < 4.78 is 70.7. The lowest BCUT2D eigenvalue weighted by Gasteiger charge is -2.30. The largest absolute Gasteiger partial charge is 0.493 e. The van der Waals surface area contributed by atoms with Gasteiger partial charge in [-0.15, -0.1) is 0 Å². The number of benzene rings is 1. The van der Waals surface area contributed by atoms with Gasteiger partial charge >= 0.3 is 18.1 Å². The number of alkyl halides is 3. The maximum absolute atomic E-state index is 13.3. The van der Waals surface area contributed by atoms with Gasteiger partial charge in [0.15, 0.2) is 23.0 Å². The van der Waals surface area contributed by atoms with Gasteiger partial charge in [0.2, 0.25) is 6.79 Å². The number of ketones is 1. The van der Waals surface area contributed by atoms with Crippen molar-refractivity contribution in [1.82, 2.24) is 4.98 Å². The van der Waals surface area contributed by atoms with Crippen molar-refractivity contribution in [2.75, 3.05) is 33.7 Å². The van der Waals surface area contributed by atoms with E-state index in [4.69, 9.17) is 28.4 Å². The molecule has 0 N–H and O–H groups in total. The predicted molar refractivity (Wildman–Crippen MR) is 145 cm³/mol. The molecule has 1 fully saturated rings. The van der Waals surface area contributed by atoms with Gasteiger partial charge in [0, 0.05) is 37.6 Å². The molecule has 0 aliphatic carbocycles. The molecular formula is C30H34F3NO9. The molecule has 0 saturated carbocycles. The lowest BCUT2D eigenvalue weighted by molar-refractivity contribution is -0.162. The second-order valence-electron chi connectivity index (χ2n) is 9.78. The van der Waals surface area contributed by atoms with E-state index in [0.717, 1.165) is 11.6 Å². The van der Waals surface area contributed by atoms with E-state index in [1.54, 1.807) is 6.92 Å². The van der Waals surface area contributed by atoms with Crippen LogP contribution >= 0.6 is 0 Å². The molecule has 1 saturated heterocycles. The van der Waals surface area contributed by atoms with Gasteiger partial charge in [0.25, 0.3) is 0 Å². The van der Waals surface area contributed by atoms with Crippen LogP contribution in [0.3, 0.4) is 0 Å². The van der Waals surface area contributed by atoms with Crippen molar-refractivity contribution in [2.45, 2.75) is 45.1 Å². The fourth-order valence-electron chi connectivity index (χ4n) is 4.53. The summed E-state index contributed by atoms with van der Waals surface area (Å²) in [7, 11) is 1.36. The Hall–Kier alpha value is -3.97. The van der Waals surface area contributed by atoms with Crippen molar-refractivity contribution in [1.29, 1.82) is 0 Å². The molecular weight excluding hydrogens is 575 g/mol. The summed E-state index contributed by atoms with van der Waals surface area (Å²) in [5.74, 6) is -3.25. The summed E-state index contributed by atoms with van der Waals surface area (Å²) in [5.41, 5.74) is 0.789. The number of nitrogens with zero attached hydrogens (tertiary/aromatic N) is 1. The molecule has 234 valence electrons. The van der Waals surface area contributed by atoms with Crippen molar-refractivity contribution in [2.24, 2.45) is 11.8 Å². The molecule has 0 unspecified atom stereocenters. The van der Waals surface area contributed by atoms with E-state index < -0.39 is 48.8 Å². The Morgan fingerprint density at radius 2 is 1.88 bits per heavy atom. The Bertz CT molecular complexity index is 1250. The molecule has 1 aliphatic rings. The highest BCUT2D eigenvalue weighted by molar-refractivity contribution is 5.99. The van der Waals surface area contributed by atoms with Gasteiger partial charge < -0.3 is 28.4 Å². The van der Waals surface area contributed by atoms with Crippen molar-refractivity contribution >= 4 is 17.7 Å². The number of allylic oxidation sites excluding steroid dienone is 1. The smallest absolute Gasteiger partial charge is 0.409 e. The number of esters is 2. The molecule has 13 heteroatoms. The Kier molecular flexibility index (Phi) is 12.5. The van der Waals surface area contributed by atoms with Gasteiger partial charge in [-0.1, -0.05) is 36.4 Å². The highest BCUT2D eigenvalue weighted by Crippen LogP contribution is 2.32. The number of carbonyl (C=O) groups is 3. The third-order valence-electron chi connectivity index (χ3n) is 6.50. The maximum atomic E-state index is 13.3. The predicted octanol–water partition coefficient (Wildman–Crippen LogP) is 4.50. The highest BCUT2D eigenvalue weighted by Gasteiger charge is 2.36. The first kappa shape index (κ1) is 33.5. The number of halogens is 3. The van der Waals surface area contributed by atoms with Crippen LogP contribution in [0.5, 0.6) is 11.5 Å². The minimum atomic E-state index is -4.49. The molecule has 43 heavy (non-hydrogen) atoms. The van der Waals surface area contributed by atoms with Crippen LogP contribution < -0.4 is 9.47 Å².